The first-order valence-corrected chi connectivity index (χ1v) is 8.46. The molecule has 3 aromatic rings. The second kappa shape index (κ2) is 6.63. The molecule has 0 aromatic heterocycles. The standard InChI is InChI=1S/C21H21NO2/c23-22-21-7-3-6-18-13-19(10-11-20(18)21)24-14-15-8-9-16-4-1-2-5-17(16)12-15/h1-2,4-5,8-13,21-23H,3,6-7,14H2. The molecule has 0 amide bonds. The lowest BCUT2D eigenvalue weighted by Gasteiger charge is -2.24. The van der Waals surface area contributed by atoms with Crippen molar-refractivity contribution in [3.8, 4) is 5.75 Å². The van der Waals surface area contributed by atoms with Crippen molar-refractivity contribution in [1.82, 2.24) is 5.48 Å². The molecule has 0 saturated heterocycles. The molecule has 0 saturated carbocycles. The van der Waals surface area contributed by atoms with E-state index < -0.39 is 0 Å². The summed E-state index contributed by atoms with van der Waals surface area (Å²) in [6.45, 7) is 0.561. The van der Waals surface area contributed by atoms with Gasteiger partial charge in [0.15, 0.2) is 0 Å². The number of ether oxygens (including phenoxy) is 1. The molecule has 3 nitrogen and oxygen atoms in total. The highest BCUT2D eigenvalue weighted by Gasteiger charge is 2.19. The van der Waals surface area contributed by atoms with Gasteiger partial charge in [0.05, 0.1) is 6.04 Å². The molecule has 0 heterocycles. The molecular weight excluding hydrogens is 298 g/mol. The van der Waals surface area contributed by atoms with Crippen LogP contribution in [0.25, 0.3) is 10.8 Å². The van der Waals surface area contributed by atoms with Gasteiger partial charge in [-0.15, -0.1) is 0 Å². The molecule has 3 aromatic carbocycles. The lowest BCUT2D eigenvalue weighted by atomic mass is 9.88. The molecule has 4 rings (SSSR count). The fourth-order valence-electron chi connectivity index (χ4n) is 3.51. The first kappa shape index (κ1) is 15.2. The number of nitrogens with one attached hydrogen (secondary N) is 1. The molecule has 2 N–H and O–H groups in total. The molecule has 1 aliphatic rings. The van der Waals surface area contributed by atoms with E-state index in [1.54, 1.807) is 0 Å². The highest BCUT2D eigenvalue weighted by atomic mass is 16.5. The number of hydrogen-bond donors (Lipinski definition) is 2. The summed E-state index contributed by atoms with van der Waals surface area (Å²) in [6, 6.07) is 21.0. The van der Waals surface area contributed by atoms with Crippen LogP contribution in [0.2, 0.25) is 0 Å². The van der Waals surface area contributed by atoms with Gasteiger partial charge >= 0.3 is 0 Å². The molecule has 0 aliphatic heterocycles. The zero-order chi connectivity index (χ0) is 16.4. The first-order valence-electron chi connectivity index (χ1n) is 8.46. The van der Waals surface area contributed by atoms with E-state index in [0.29, 0.717) is 6.61 Å². The third-order valence-corrected chi connectivity index (χ3v) is 4.80. The van der Waals surface area contributed by atoms with Crippen LogP contribution in [0.1, 0.15) is 35.6 Å². The van der Waals surface area contributed by atoms with Crippen LogP contribution in [0.15, 0.2) is 60.7 Å². The van der Waals surface area contributed by atoms with Crippen LogP contribution in [0, 0.1) is 0 Å². The van der Waals surface area contributed by atoms with Crippen LogP contribution >= 0.6 is 0 Å². The monoisotopic (exact) mass is 319 g/mol. The van der Waals surface area contributed by atoms with E-state index in [2.05, 4.69) is 60.1 Å². The van der Waals surface area contributed by atoms with Crippen molar-refractivity contribution in [2.24, 2.45) is 0 Å². The highest BCUT2D eigenvalue weighted by Crippen LogP contribution is 2.32. The molecular formula is C21H21NO2. The Kier molecular flexibility index (Phi) is 4.20. The maximum atomic E-state index is 9.26. The van der Waals surface area contributed by atoms with Crippen LogP contribution < -0.4 is 10.2 Å². The number of rotatable bonds is 4. The molecule has 24 heavy (non-hydrogen) atoms. The quantitative estimate of drug-likeness (QED) is 0.680. The maximum Gasteiger partial charge on any atom is 0.120 e. The summed E-state index contributed by atoms with van der Waals surface area (Å²) in [5, 5.41) is 11.7. The molecule has 1 unspecified atom stereocenters. The van der Waals surface area contributed by atoms with Gasteiger partial charge in [-0.3, -0.25) is 0 Å². The second-order valence-electron chi connectivity index (χ2n) is 6.40. The molecule has 0 radical (unpaired) electrons. The Labute approximate surface area is 141 Å². The highest BCUT2D eigenvalue weighted by molar-refractivity contribution is 5.82. The third kappa shape index (κ3) is 3.01. The van der Waals surface area contributed by atoms with Crippen LogP contribution in [-0.2, 0) is 13.0 Å². The summed E-state index contributed by atoms with van der Waals surface area (Å²) in [5.41, 5.74) is 6.03. The number of fused-ring (bicyclic) bond motifs is 2. The average molecular weight is 319 g/mol. The molecule has 122 valence electrons. The van der Waals surface area contributed by atoms with Crippen molar-refractivity contribution in [3.63, 3.8) is 0 Å². The third-order valence-electron chi connectivity index (χ3n) is 4.80. The van der Waals surface area contributed by atoms with Gasteiger partial charge in [-0.1, -0.05) is 42.5 Å². The minimum Gasteiger partial charge on any atom is -0.489 e. The Morgan fingerprint density at radius 3 is 2.75 bits per heavy atom. The summed E-state index contributed by atoms with van der Waals surface area (Å²) in [6.07, 6.45) is 3.10. The smallest absolute Gasteiger partial charge is 0.120 e. The van der Waals surface area contributed by atoms with E-state index in [-0.39, 0.29) is 6.04 Å². The molecule has 1 atom stereocenters. The fraction of sp³-hybridized carbons (Fsp3) is 0.238. The predicted octanol–water partition coefficient (Wildman–Crippen LogP) is 4.78. The van der Waals surface area contributed by atoms with Gasteiger partial charge in [-0.25, -0.2) is 0 Å². The maximum absolute atomic E-state index is 9.26. The van der Waals surface area contributed by atoms with Crippen LogP contribution in [0.4, 0.5) is 0 Å². The zero-order valence-corrected chi connectivity index (χ0v) is 13.5. The SMILES string of the molecule is ONC1CCCc2cc(OCc3ccc4ccccc4c3)ccc21. The van der Waals surface area contributed by atoms with E-state index in [4.69, 9.17) is 4.74 Å². The number of aryl methyl sites for hydroxylation is 1. The van der Waals surface area contributed by atoms with Crippen LogP contribution in [-0.4, -0.2) is 5.21 Å². The second-order valence-corrected chi connectivity index (χ2v) is 6.40. The fourth-order valence-corrected chi connectivity index (χ4v) is 3.51. The van der Waals surface area contributed by atoms with Crippen molar-refractivity contribution in [2.45, 2.75) is 31.9 Å². The summed E-state index contributed by atoms with van der Waals surface area (Å²) in [5.74, 6) is 0.889. The summed E-state index contributed by atoms with van der Waals surface area (Å²) in [4.78, 5) is 0. The predicted molar refractivity (Wildman–Crippen MR) is 95.3 cm³/mol. The van der Waals surface area contributed by atoms with Crippen molar-refractivity contribution < 1.29 is 9.94 Å². The molecule has 0 spiro atoms. The van der Waals surface area contributed by atoms with Crippen molar-refractivity contribution in [1.29, 1.82) is 0 Å². The molecule has 0 fully saturated rings. The Morgan fingerprint density at radius 1 is 1.00 bits per heavy atom. The van der Waals surface area contributed by atoms with Gasteiger partial charge in [0.1, 0.15) is 12.4 Å². The van der Waals surface area contributed by atoms with Gasteiger partial charge < -0.3 is 9.94 Å². The number of benzene rings is 3. The molecule has 3 heteroatoms. The lowest BCUT2D eigenvalue weighted by Crippen LogP contribution is -2.22. The van der Waals surface area contributed by atoms with Crippen molar-refractivity contribution >= 4 is 10.8 Å². The van der Waals surface area contributed by atoms with E-state index in [9.17, 15) is 5.21 Å². The van der Waals surface area contributed by atoms with Gasteiger partial charge in [0.25, 0.3) is 0 Å². The zero-order valence-electron chi connectivity index (χ0n) is 13.5. The minimum absolute atomic E-state index is 0.0447. The van der Waals surface area contributed by atoms with Crippen molar-refractivity contribution in [3.05, 3.63) is 77.4 Å². The Morgan fingerprint density at radius 2 is 1.88 bits per heavy atom. The van der Waals surface area contributed by atoms with E-state index in [1.807, 2.05) is 6.07 Å². The normalized spacial score (nSPS) is 16.8. The van der Waals surface area contributed by atoms with Gasteiger partial charge in [-0.05, 0) is 64.9 Å². The van der Waals surface area contributed by atoms with Crippen LogP contribution in [0.3, 0.4) is 0 Å². The summed E-state index contributed by atoms with van der Waals surface area (Å²) < 4.78 is 5.99. The summed E-state index contributed by atoms with van der Waals surface area (Å²) >= 11 is 0. The Hall–Kier alpha value is -2.36. The Bertz CT molecular complexity index is 859. The van der Waals surface area contributed by atoms with E-state index in [0.717, 1.165) is 25.0 Å². The van der Waals surface area contributed by atoms with Crippen LogP contribution in [0.5, 0.6) is 5.75 Å². The average Bonchev–Trinajstić information content (AvgIpc) is 2.65. The molecule has 0 bridgehead atoms. The number of hydrogen-bond acceptors (Lipinski definition) is 3. The Balaban J connectivity index is 1.51. The topological polar surface area (TPSA) is 41.5 Å². The van der Waals surface area contributed by atoms with Gasteiger partial charge in [0, 0.05) is 0 Å². The lowest BCUT2D eigenvalue weighted by molar-refractivity contribution is 0.117. The van der Waals surface area contributed by atoms with Gasteiger partial charge in [0.2, 0.25) is 0 Å². The largest absolute Gasteiger partial charge is 0.489 e. The van der Waals surface area contributed by atoms with E-state index >= 15 is 0 Å². The van der Waals surface area contributed by atoms with Crippen molar-refractivity contribution in [2.75, 3.05) is 0 Å². The molecule has 1 aliphatic carbocycles. The van der Waals surface area contributed by atoms with Gasteiger partial charge in [-0.2, -0.15) is 5.48 Å². The number of hydroxylamine groups is 1. The first-order chi connectivity index (χ1) is 11.8. The summed E-state index contributed by atoms with van der Waals surface area (Å²) in [7, 11) is 0. The minimum atomic E-state index is 0.0447. The van der Waals surface area contributed by atoms with E-state index in [1.165, 1.54) is 27.5 Å².